The second-order valence-electron chi connectivity index (χ2n) is 7.01. The summed E-state index contributed by atoms with van der Waals surface area (Å²) in [6, 6.07) is 22.8. The van der Waals surface area contributed by atoms with E-state index < -0.39 is 0 Å². The lowest BCUT2D eigenvalue weighted by Gasteiger charge is -2.13. The first-order chi connectivity index (χ1) is 15.6. The van der Waals surface area contributed by atoms with Crippen molar-refractivity contribution in [2.75, 3.05) is 19.5 Å². The summed E-state index contributed by atoms with van der Waals surface area (Å²) in [7, 11) is 3.26. The lowest BCUT2D eigenvalue weighted by atomic mass is 10.1. The highest BCUT2D eigenvalue weighted by atomic mass is 35.5. The van der Waals surface area contributed by atoms with Crippen LogP contribution in [0, 0.1) is 0 Å². The monoisotopic (exact) mass is 465 g/mol. The van der Waals surface area contributed by atoms with Crippen molar-refractivity contribution in [1.82, 2.24) is 9.97 Å². The molecule has 32 heavy (non-hydrogen) atoms. The van der Waals surface area contributed by atoms with Crippen LogP contribution in [0.25, 0.3) is 22.5 Å². The fourth-order valence-corrected chi connectivity index (χ4v) is 3.49. The standard InChI is InChI=1S/C25H21Cl2N3O2/c1-31-21-12-7-18(24(13-21)32-2)15-28-25-29-22(16-3-8-19(26)9-4-16)14-23(30-25)17-5-10-20(27)11-6-17/h3-14H,15H2,1-2H3,(H,28,29,30). The largest absolute Gasteiger partial charge is 0.497 e. The van der Waals surface area contributed by atoms with Gasteiger partial charge in [-0.25, -0.2) is 9.97 Å². The van der Waals surface area contributed by atoms with E-state index in [9.17, 15) is 0 Å². The molecule has 0 spiro atoms. The summed E-state index contributed by atoms with van der Waals surface area (Å²) in [5.41, 5.74) is 4.41. The molecule has 5 nitrogen and oxygen atoms in total. The Morgan fingerprint density at radius 3 is 1.78 bits per heavy atom. The molecule has 0 saturated carbocycles. The van der Waals surface area contributed by atoms with Crippen molar-refractivity contribution in [2.24, 2.45) is 0 Å². The van der Waals surface area contributed by atoms with Crippen molar-refractivity contribution < 1.29 is 9.47 Å². The summed E-state index contributed by atoms with van der Waals surface area (Å²) >= 11 is 12.1. The number of methoxy groups -OCH3 is 2. The molecule has 0 fully saturated rings. The van der Waals surface area contributed by atoms with Crippen LogP contribution < -0.4 is 14.8 Å². The Labute approximate surface area is 197 Å². The maximum atomic E-state index is 6.06. The molecule has 4 aromatic rings. The Hall–Kier alpha value is -3.28. The van der Waals surface area contributed by atoms with E-state index in [-0.39, 0.29) is 0 Å². The molecule has 162 valence electrons. The predicted octanol–water partition coefficient (Wildman–Crippen LogP) is 6.75. The van der Waals surface area contributed by atoms with Gasteiger partial charge in [-0.3, -0.25) is 0 Å². The molecular weight excluding hydrogens is 445 g/mol. The molecule has 0 unspecified atom stereocenters. The van der Waals surface area contributed by atoms with Crippen LogP contribution in [0.5, 0.6) is 11.5 Å². The SMILES string of the molecule is COc1ccc(CNc2nc(-c3ccc(Cl)cc3)cc(-c3ccc(Cl)cc3)n2)c(OC)c1. The summed E-state index contributed by atoms with van der Waals surface area (Å²) in [6.07, 6.45) is 0. The molecular formula is C25H21Cl2N3O2. The number of hydrogen-bond acceptors (Lipinski definition) is 5. The van der Waals surface area contributed by atoms with Crippen LogP contribution in [-0.2, 0) is 6.54 Å². The fourth-order valence-electron chi connectivity index (χ4n) is 3.24. The highest BCUT2D eigenvalue weighted by Crippen LogP contribution is 2.28. The molecule has 7 heteroatoms. The van der Waals surface area contributed by atoms with Gasteiger partial charge in [-0.1, -0.05) is 47.5 Å². The zero-order chi connectivity index (χ0) is 22.5. The first-order valence-corrected chi connectivity index (χ1v) is 10.7. The van der Waals surface area contributed by atoms with Crippen LogP contribution in [0.15, 0.2) is 72.8 Å². The minimum absolute atomic E-state index is 0.483. The molecule has 0 aliphatic carbocycles. The van der Waals surface area contributed by atoms with Gasteiger partial charge in [0.05, 0.1) is 25.6 Å². The summed E-state index contributed by atoms with van der Waals surface area (Å²) in [5.74, 6) is 1.96. The van der Waals surface area contributed by atoms with Gasteiger partial charge in [0.15, 0.2) is 0 Å². The Balaban J connectivity index is 1.69. The van der Waals surface area contributed by atoms with Gasteiger partial charge in [0.1, 0.15) is 11.5 Å². The van der Waals surface area contributed by atoms with Crippen molar-refractivity contribution in [2.45, 2.75) is 6.54 Å². The highest BCUT2D eigenvalue weighted by molar-refractivity contribution is 6.30. The van der Waals surface area contributed by atoms with Gasteiger partial charge in [-0.15, -0.1) is 0 Å². The van der Waals surface area contributed by atoms with Crippen molar-refractivity contribution in [3.63, 3.8) is 0 Å². The highest BCUT2D eigenvalue weighted by Gasteiger charge is 2.11. The number of halogens is 2. The molecule has 0 aliphatic rings. The van der Waals surface area contributed by atoms with Crippen LogP contribution in [-0.4, -0.2) is 24.2 Å². The van der Waals surface area contributed by atoms with E-state index >= 15 is 0 Å². The Bertz CT molecular complexity index is 1150. The van der Waals surface area contributed by atoms with Gasteiger partial charge in [0.25, 0.3) is 0 Å². The molecule has 0 atom stereocenters. The second kappa shape index (κ2) is 9.90. The maximum Gasteiger partial charge on any atom is 0.224 e. The van der Waals surface area contributed by atoms with Crippen LogP contribution in [0.3, 0.4) is 0 Å². The zero-order valence-corrected chi connectivity index (χ0v) is 19.1. The molecule has 3 aromatic carbocycles. The summed E-state index contributed by atoms with van der Waals surface area (Å²) in [4.78, 5) is 9.45. The number of rotatable bonds is 7. The summed E-state index contributed by atoms with van der Waals surface area (Å²) in [5, 5.41) is 4.66. The molecule has 0 aliphatic heterocycles. The first kappa shape index (κ1) is 21.9. The van der Waals surface area contributed by atoms with Gasteiger partial charge in [0.2, 0.25) is 5.95 Å². The summed E-state index contributed by atoms with van der Waals surface area (Å²) < 4.78 is 10.8. The Morgan fingerprint density at radius 1 is 0.719 bits per heavy atom. The Kier molecular flexibility index (Phi) is 6.78. The van der Waals surface area contributed by atoms with Gasteiger partial charge in [-0.2, -0.15) is 0 Å². The first-order valence-electron chi connectivity index (χ1n) is 9.91. The van der Waals surface area contributed by atoms with Crippen molar-refractivity contribution in [1.29, 1.82) is 0 Å². The topological polar surface area (TPSA) is 56.3 Å². The molecule has 1 heterocycles. The van der Waals surface area contributed by atoms with E-state index in [1.54, 1.807) is 14.2 Å². The quantitative estimate of drug-likeness (QED) is 0.327. The molecule has 0 radical (unpaired) electrons. The predicted molar refractivity (Wildman–Crippen MR) is 130 cm³/mol. The number of nitrogens with zero attached hydrogens (tertiary/aromatic N) is 2. The van der Waals surface area contributed by atoms with Crippen molar-refractivity contribution in [3.05, 3.63) is 88.4 Å². The van der Waals surface area contributed by atoms with Crippen LogP contribution in [0.1, 0.15) is 5.56 Å². The van der Waals surface area contributed by atoms with E-state index in [1.165, 1.54) is 0 Å². The molecule has 4 rings (SSSR count). The fraction of sp³-hybridized carbons (Fsp3) is 0.120. The van der Waals surface area contributed by atoms with E-state index in [2.05, 4.69) is 5.32 Å². The van der Waals surface area contributed by atoms with Crippen LogP contribution >= 0.6 is 23.2 Å². The lowest BCUT2D eigenvalue weighted by Crippen LogP contribution is -2.06. The zero-order valence-electron chi connectivity index (χ0n) is 17.6. The normalized spacial score (nSPS) is 10.6. The molecule has 1 N–H and O–H groups in total. The molecule has 0 saturated heterocycles. The van der Waals surface area contributed by atoms with E-state index in [4.69, 9.17) is 42.6 Å². The summed E-state index contributed by atoms with van der Waals surface area (Å²) in [6.45, 7) is 0.483. The number of ether oxygens (including phenoxy) is 2. The van der Waals surface area contributed by atoms with Gasteiger partial charge >= 0.3 is 0 Å². The minimum Gasteiger partial charge on any atom is -0.497 e. The average Bonchev–Trinajstić information content (AvgIpc) is 2.83. The van der Waals surface area contributed by atoms with Crippen molar-refractivity contribution in [3.8, 4) is 34.0 Å². The number of nitrogens with one attached hydrogen (secondary N) is 1. The van der Waals surface area contributed by atoms with Gasteiger partial charge in [0, 0.05) is 39.3 Å². The third kappa shape index (κ3) is 5.13. The van der Waals surface area contributed by atoms with E-state index in [0.29, 0.717) is 22.5 Å². The molecule has 0 bridgehead atoms. The maximum absolute atomic E-state index is 6.06. The minimum atomic E-state index is 0.483. The lowest BCUT2D eigenvalue weighted by molar-refractivity contribution is 0.391. The van der Waals surface area contributed by atoms with Gasteiger partial charge in [-0.05, 0) is 42.5 Å². The number of hydrogen-bond donors (Lipinski definition) is 1. The van der Waals surface area contributed by atoms with Crippen molar-refractivity contribution >= 4 is 29.2 Å². The number of benzene rings is 3. The van der Waals surface area contributed by atoms with E-state index in [1.807, 2.05) is 72.8 Å². The van der Waals surface area contributed by atoms with Crippen LogP contribution in [0.2, 0.25) is 10.0 Å². The number of anilines is 1. The molecule has 0 amide bonds. The third-order valence-corrected chi connectivity index (χ3v) is 5.44. The van der Waals surface area contributed by atoms with Crippen LogP contribution in [0.4, 0.5) is 5.95 Å². The molecule has 1 aromatic heterocycles. The third-order valence-electron chi connectivity index (χ3n) is 4.94. The second-order valence-corrected chi connectivity index (χ2v) is 7.88. The average molecular weight is 466 g/mol. The van der Waals surface area contributed by atoms with Gasteiger partial charge < -0.3 is 14.8 Å². The number of aromatic nitrogens is 2. The Morgan fingerprint density at radius 2 is 1.28 bits per heavy atom. The van der Waals surface area contributed by atoms with E-state index in [0.717, 1.165) is 39.6 Å². The smallest absolute Gasteiger partial charge is 0.224 e.